The number of amides is 1. The molecular weight excluding hydrogens is 379 g/mol. The number of nitrogens with zero attached hydrogens (tertiary/aromatic N) is 1. The van der Waals surface area contributed by atoms with Crippen molar-refractivity contribution in [2.24, 2.45) is 0 Å². The molecule has 0 spiro atoms. The molecule has 1 heterocycles. The van der Waals surface area contributed by atoms with Gasteiger partial charge in [-0.15, -0.1) is 0 Å². The van der Waals surface area contributed by atoms with Crippen molar-refractivity contribution in [2.75, 3.05) is 16.8 Å². The molecule has 0 bridgehead atoms. The maximum atomic E-state index is 13.3. The fourth-order valence-corrected chi connectivity index (χ4v) is 4.99. The van der Waals surface area contributed by atoms with Crippen molar-refractivity contribution < 1.29 is 17.6 Å². The number of nitrogens with one attached hydrogen (secondary N) is 1. The molecule has 3 aromatic rings. The molecule has 1 N–H and O–H groups in total. The number of carbonyl (C=O) groups is 1. The molecule has 4 rings (SSSR count). The normalized spacial score (nSPS) is 14.1. The largest absolute Gasteiger partial charge is 0.330 e. The molecule has 7 heteroatoms. The zero-order valence-corrected chi connectivity index (χ0v) is 15.8. The van der Waals surface area contributed by atoms with Crippen LogP contribution in [0.5, 0.6) is 0 Å². The molecule has 0 fully saturated rings. The number of halogens is 1. The molecule has 0 aliphatic carbocycles. The van der Waals surface area contributed by atoms with Crippen LogP contribution in [-0.4, -0.2) is 20.9 Å². The van der Waals surface area contributed by atoms with E-state index in [0.717, 1.165) is 0 Å². The fourth-order valence-electron chi connectivity index (χ4n) is 3.33. The van der Waals surface area contributed by atoms with Gasteiger partial charge in [0.25, 0.3) is 0 Å². The first-order valence-corrected chi connectivity index (χ1v) is 10.1. The van der Waals surface area contributed by atoms with Crippen molar-refractivity contribution >= 4 is 32.8 Å². The minimum Gasteiger partial charge on any atom is -0.330 e. The summed E-state index contributed by atoms with van der Waals surface area (Å²) in [6, 6.07) is 17.3. The Bertz CT molecular complexity index is 1140. The number of fused-ring (bicyclic) bond motifs is 2. The number of hydrogen-bond acceptors (Lipinski definition) is 4. The summed E-state index contributed by atoms with van der Waals surface area (Å²) >= 11 is 0. The highest BCUT2D eigenvalue weighted by Crippen LogP contribution is 2.43. The number of carbonyl (C=O) groups excluding carboxylic acids is 1. The van der Waals surface area contributed by atoms with E-state index in [2.05, 4.69) is 5.32 Å². The van der Waals surface area contributed by atoms with Gasteiger partial charge in [-0.1, -0.05) is 24.3 Å². The summed E-state index contributed by atoms with van der Waals surface area (Å²) in [5, 5.41) is 2.77. The molecule has 3 aromatic carbocycles. The van der Waals surface area contributed by atoms with Gasteiger partial charge in [0.05, 0.1) is 21.2 Å². The fraction of sp³-hybridized carbons (Fsp3) is 0.0952. The Balaban J connectivity index is 1.71. The van der Waals surface area contributed by atoms with Gasteiger partial charge in [-0.05, 0) is 55.0 Å². The van der Waals surface area contributed by atoms with Gasteiger partial charge in [0.15, 0.2) is 0 Å². The smallest absolute Gasteiger partial charge is 0.244 e. The highest BCUT2D eigenvalue weighted by Gasteiger charge is 2.34. The lowest BCUT2D eigenvalue weighted by Gasteiger charge is -2.32. The standard InChI is InChI=1S/C21H17FN2O3S/c1-14-12-15(22)10-11-16(14)23-21(25)13-24-17-6-2-4-8-19(17)28(26,27)20-9-5-3-7-18(20)24/h2-12H,13H2,1H3,(H,23,25). The van der Waals surface area contributed by atoms with E-state index >= 15 is 0 Å². The molecule has 0 saturated carbocycles. The summed E-state index contributed by atoms with van der Waals surface area (Å²) in [5.74, 6) is -0.710. The van der Waals surface area contributed by atoms with Crippen molar-refractivity contribution in [3.8, 4) is 0 Å². The highest BCUT2D eigenvalue weighted by atomic mass is 32.2. The second-order valence-electron chi connectivity index (χ2n) is 6.53. The number of rotatable bonds is 3. The van der Waals surface area contributed by atoms with Crippen molar-refractivity contribution in [3.63, 3.8) is 0 Å². The van der Waals surface area contributed by atoms with E-state index in [1.54, 1.807) is 48.2 Å². The number of hydrogen-bond donors (Lipinski definition) is 1. The molecule has 142 valence electrons. The molecule has 0 unspecified atom stereocenters. The maximum absolute atomic E-state index is 13.3. The summed E-state index contributed by atoms with van der Waals surface area (Å²) in [6.45, 7) is 1.62. The third-order valence-electron chi connectivity index (χ3n) is 4.66. The zero-order chi connectivity index (χ0) is 19.9. The average molecular weight is 396 g/mol. The Kier molecular flexibility index (Phi) is 4.39. The van der Waals surface area contributed by atoms with Crippen molar-refractivity contribution in [3.05, 3.63) is 78.1 Å². The molecule has 5 nitrogen and oxygen atoms in total. The van der Waals surface area contributed by atoms with E-state index in [9.17, 15) is 17.6 Å². The SMILES string of the molecule is Cc1cc(F)ccc1NC(=O)CN1c2ccccc2S(=O)(=O)c2ccccc21. The van der Waals surface area contributed by atoms with Crippen molar-refractivity contribution in [1.82, 2.24) is 0 Å². The quantitative estimate of drug-likeness (QED) is 0.725. The molecule has 0 aromatic heterocycles. The van der Waals surface area contributed by atoms with Gasteiger partial charge in [0.1, 0.15) is 12.4 Å². The summed E-state index contributed by atoms with van der Waals surface area (Å²) in [7, 11) is -3.66. The topological polar surface area (TPSA) is 66.5 Å². The van der Waals surface area contributed by atoms with Crippen LogP contribution in [0.3, 0.4) is 0 Å². The minimum absolute atomic E-state index is 0.0830. The van der Waals surface area contributed by atoms with Crippen LogP contribution in [0, 0.1) is 12.7 Å². The van der Waals surface area contributed by atoms with Crippen LogP contribution in [0.15, 0.2) is 76.5 Å². The van der Waals surface area contributed by atoms with Gasteiger partial charge >= 0.3 is 0 Å². The molecule has 0 saturated heterocycles. The first-order chi connectivity index (χ1) is 13.4. The van der Waals surface area contributed by atoms with Crippen molar-refractivity contribution in [2.45, 2.75) is 16.7 Å². The summed E-state index contributed by atoms with van der Waals surface area (Å²) in [5.41, 5.74) is 2.02. The van der Waals surface area contributed by atoms with E-state index in [0.29, 0.717) is 22.6 Å². The van der Waals surface area contributed by atoms with Crippen LogP contribution in [0.2, 0.25) is 0 Å². The van der Waals surface area contributed by atoms with Gasteiger partial charge in [-0.25, -0.2) is 12.8 Å². The summed E-state index contributed by atoms with van der Waals surface area (Å²) in [4.78, 5) is 14.7. The lowest BCUT2D eigenvalue weighted by Crippen LogP contribution is -2.33. The average Bonchev–Trinajstić information content (AvgIpc) is 2.68. The van der Waals surface area contributed by atoms with E-state index in [1.807, 2.05) is 0 Å². The predicted molar refractivity (Wildman–Crippen MR) is 105 cm³/mol. The Labute approximate surface area is 162 Å². The number of anilines is 3. The summed E-state index contributed by atoms with van der Waals surface area (Å²) < 4.78 is 39.1. The second kappa shape index (κ2) is 6.76. The molecule has 0 radical (unpaired) electrons. The lowest BCUT2D eigenvalue weighted by atomic mass is 10.2. The van der Waals surface area contributed by atoms with Crippen LogP contribution < -0.4 is 10.2 Å². The second-order valence-corrected chi connectivity index (χ2v) is 8.42. The van der Waals surface area contributed by atoms with E-state index in [1.165, 1.54) is 30.3 Å². The van der Waals surface area contributed by atoms with Crippen molar-refractivity contribution in [1.29, 1.82) is 0 Å². The van der Waals surface area contributed by atoms with E-state index in [-0.39, 0.29) is 28.1 Å². The summed E-state index contributed by atoms with van der Waals surface area (Å²) in [6.07, 6.45) is 0. The number of aryl methyl sites for hydroxylation is 1. The molecular formula is C21H17FN2O3S. The highest BCUT2D eigenvalue weighted by molar-refractivity contribution is 7.92. The van der Waals surface area contributed by atoms with Gasteiger partial charge in [-0.2, -0.15) is 0 Å². The molecule has 28 heavy (non-hydrogen) atoms. The first-order valence-electron chi connectivity index (χ1n) is 8.64. The van der Waals surface area contributed by atoms with Gasteiger partial charge in [-0.3, -0.25) is 4.79 Å². The minimum atomic E-state index is -3.66. The Morgan fingerprint density at radius 1 is 0.964 bits per heavy atom. The van der Waals surface area contributed by atoms with E-state index in [4.69, 9.17) is 0 Å². The lowest BCUT2D eigenvalue weighted by molar-refractivity contribution is -0.114. The zero-order valence-electron chi connectivity index (χ0n) is 15.0. The van der Waals surface area contributed by atoms with Crippen LogP contribution in [0.25, 0.3) is 0 Å². The first kappa shape index (κ1) is 18.2. The molecule has 1 aliphatic heterocycles. The Hall–Kier alpha value is -3.19. The molecule has 1 amide bonds. The third-order valence-corrected chi connectivity index (χ3v) is 6.50. The van der Waals surface area contributed by atoms with Crippen LogP contribution >= 0.6 is 0 Å². The maximum Gasteiger partial charge on any atom is 0.244 e. The van der Waals surface area contributed by atoms with Crippen LogP contribution in [0.1, 0.15) is 5.56 Å². The molecule has 0 atom stereocenters. The third kappa shape index (κ3) is 3.03. The van der Waals surface area contributed by atoms with Crippen LogP contribution in [0.4, 0.5) is 21.5 Å². The Morgan fingerprint density at radius 3 is 2.11 bits per heavy atom. The monoisotopic (exact) mass is 396 g/mol. The molecule has 1 aliphatic rings. The van der Waals surface area contributed by atoms with E-state index < -0.39 is 9.84 Å². The number of benzene rings is 3. The van der Waals surface area contributed by atoms with Gasteiger partial charge in [0, 0.05) is 5.69 Å². The number of sulfone groups is 1. The van der Waals surface area contributed by atoms with Gasteiger partial charge in [0.2, 0.25) is 15.7 Å². The predicted octanol–water partition coefficient (Wildman–Crippen LogP) is 4.06. The van der Waals surface area contributed by atoms with Gasteiger partial charge < -0.3 is 10.2 Å². The van der Waals surface area contributed by atoms with Crippen LogP contribution in [-0.2, 0) is 14.6 Å². The Morgan fingerprint density at radius 2 is 1.54 bits per heavy atom. The number of para-hydroxylation sites is 2.